The molecule has 0 radical (unpaired) electrons. The van der Waals surface area contributed by atoms with Crippen LogP contribution in [0.25, 0.3) is 10.9 Å². The minimum atomic E-state index is 0.722. The van der Waals surface area contributed by atoms with E-state index in [2.05, 4.69) is 34.3 Å². The van der Waals surface area contributed by atoms with Crippen molar-refractivity contribution in [3.63, 3.8) is 0 Å². The fourth-order valence-corrected chi connectivity index (χ4v) is 3.48. The summed E-state index contributed by atoms with van der Waals surface area (Å²) >= 11 is 0. The van der Waals surface area contributed by atoms with E-state index in [1.807, 2.05) is 0 Å². The Kier molecular flexibility index (Phi) is 2.64. The Labute approximate surface area is 113 Å². The van der Waals surface area contributed by atoms with Gasteiger partial charge in [-0.2, -0.15) is 0 Å². The van der Waals surface area contributed by atoms with Gasteiger partial charge in [0, 0.05) is 55.9 Å². The first-order valence-electron chi connectivity index (χ1n) is 7.21. The fourth-order valence-electron chi connectivity index (χ4n) is 3.48. The number of aromatic nitrogens is 1. The Morgan fingerprint density at radius 3 is 3.26 bits per heavy atom. The highest BCUT2D eigenvalue weighted by Crippen LogP contribution is 2.46. The van der Waals surface area contributed by atoms with Crippen LogP contribution in [-0.4, -0.2) is 24.3 Å². The maximum atomic E-state index is 5.16. The lowest BCUT2D eigenvalue weighted by Gasteiger charge is -2.06. The zero-order valence-electron chi connectivity index (χ0n) is 11.4. The normalized spacial score (nSPS) is 24.3. The molecule has 0 spiro atoms. The van der Waals surface area contributed by atoms with Crippen LogP contribution in [0.4, 0.5) is 0 Å². The van der Waals surface area contributed by atoms with Crippen LogP contribution >= 0.6 is 0 Å². The summed E-state index contributed by atoms with van der Waals surface area (Å²) in [6.07, 6.45) is 4.72. The predicted molar refractivity (Wildman–Crippen MR) is 76.4 cm³/mol. The molecule has 2 unspecified atom stereocenters. The second-order valence-corrected chi connectivity index (χ2v) is 5.77. The van der Waals surface area contributed by atoms with Gasteiger partial charge in [0.25, 0.3) is 0 Å². The summed E-state index contributed by atoms with van der Waals surface area (Å²) in [5.41, 5.74) is 4.43. The molecule has 100 valence electrons. The second-order valence-electron chi connectivity index (χ2n) is 5.77. The standard InChI is InChI=1S/C16H20N2O/c1-19-7-3-6-18-10-11-9-17-14-8-13(14)12-4-2-5-15(18)16(11)12/h2,4-5,10,13-14,17H,3,6-9H2,1H3. The van der Waals surface area contributed by atoms with Crippen LogP contribution in [-0.2, 0) is 17.8 Å². The molecule has 2 atom stereocenters. The van der Waals surface area contributed by atoms with Crippen molar-refractivity contribution in [1.82, 2.24) is 9.88 Å². The van der Waals surface area contributed by atoms with Gasteiger partial charge in [-0.15, -0.1) is 0 Å². The van der Waals surface area contributed by atoms with Crippen LogP contribution in [0.2, 0.25) is 0 Å². The van der Waals surface area contributed by atoms with Crippen molar-refractivity contribution in [3.8, 4) is 0 Å². The van der Waals surface area contributed by atoms with Gasteiger partial charge in [-0.1, -0.05) is 12.1 Å². The minimum absolute atomic E-state index is 0.722. The quantitative estimate of drug-likeness (QED) is 0.851. The van der Waals surface area contributed by atoms with Gasteiger partial charge in [0.1, 0.15) is 0 Å². The van der Waals surface area contributed by atoms with Gasteiger partial charge < -0.3 is 14.6 Å². The number of nitrogens with one attached hydrogen (secondary N) is 1. The Balaban J connectivity index is 1.78. The second kappa shape index (κ2) is 4.36. The van der Waals surface area contributed by atoms with E-state index in [4.69, 9.17) is 4.74 Å². The third-order valence-corrected chi connectivity index (χ3v) is 4.51. The summed E-state index contributed by atoms with van der Waals surface area (Å²) in [6, 6.07) is 7.52. The number of hydrogen-bond donors (Lipinski definition) is 1. The van der Waals surface area contributed by atoms with Crippen molar-refractivity contribution in [2.75, 3.05) is 13.7 Å². The first-order chi connectivity index (χ1) is 9.38. The monoisotopic (exact) mass is 256 g/mol. The van der Waals surface area contributed by atoms with Gasteiger partial charge >= 0.3 is 0 Å². The molecule has 1 aliphatic heterocycles. The van der Waals surface area contributed by atoms with E-state index in [1.54, 1.807) is 12.7 Å². The largest absolute Gasteiger partial charge is 0.385 e. The van der Waals surface area contributed by atoms with Crippen LogP contribution in [0, 0.1) is 0 Å². The van der Waals surface area contributed by atoms with Crippen molar-refractivity contribution in [2.45, 2.75) is 37.9 Å². The van der Waals surface area contributed by atoms with E-state index in [0.717, 1.165) is 38.1 Å². The molecule has 1 aromatic heterocycles. The molecule has 4 rings (SSSR count). The van der Waals surface area contributed by atoms with E-state index in [-0.39, 0.29) is 0 Å². The molecule has 1 aromatic carbocycles. The van der Waals surface area contributed by atoms with Gasteiger partial charge in [-0.05, 0) is 30.0 Å². The van der Waals surface area contributed by atoms with Crippen LogP contribution in [0.5, 0.6) is 0 Å². The molecule has 2 heterocycles. The summed E-state index contributed by atoms with van der Waals surface area (Å²) in [7, 11) is 1.77. The van der Waals surface area contributed by atoms with Gasteiger partial charge in [0.05, 0.1) is 0 Å². The number of nitrogens with zero attached hydrogens (tertiary/aromatic N) is 1. The minimum Gasteiger partial charge on any atom is -0.385 e. The smallest absolute Gasteiger partial charge is 0.0486 e. The average molecular weight is 256 g/mol. The highest BCUT2D eigenvalue weighted by atomic mass is 16.5. The SMILES string of the molecule is COCCCn1cc2c3c(cccc31)C1CC1NC2. The highest BCUT2D eigenvalue weighted by molar-refractivity contribution is 5.88. The van der Waals surface area contributed by atoms with E-state index in [9.17, 15) is 0 Å². The van der Waals surface area contributed by atoms with Crippen LogP contribution in [0.3, 0.4) is 0 Å². The highest BCUT2D eigenvalue weighted by Gasteiger charge is 2.41. The number of aryl methyl sites for hydroxylation is 1. The molecule has 1 aliphatic carbocycles. The van der Waals surface area contributed by atoms with Crippen LogP contribution < -0.4 is 5.32 Å². The zero-order chi connectivity index (χ0) is 12.8. The number of hydrogen-bond acceptors (Lipinski definition) is 2. The van der Waals surface area contributed by atoms with Gasteiger partial charge in [0.15, 0.2) is 0 Å². The molecule has 1 N–H and O–H groups in total. The van der Waals surface area contributed by atoms with Crippen molar-refractivity contribution in [1.29, 1.82) is 0 Å². The van der Waals surface area contributed by atoms with E-state index in [1.165, 1.54) is 22.9 Å². The van der Waals surface area contributed by atoms with Crippen LogP contribution in [0.1, 0.15) is 29.9 Å². The maximum absolute atomic E-state index is 5.16. The first-order valence-corrected chi connectivity index (χ1v) is 7.21. The summed E-state index contributed by atoms with van der Waals surface area (Å²) in [5.74, 6) is 0.750. The number of fused-ring (bicyclic) bond motifs is 2. The average Bonchev–Trinajstić information content (AvgIpc) is 3.13. The van der Waals surface area contributed by atoms with Gasteiger partial charge in [-0.3, -0.25) is 0 Å². The molecule has 1 fully saturated rings. The topological polar surface area (TPSA) is 26.2 Å². The molecular formula is C16H20N2O. The predicted octanol–water partition coefficient (Wildman–Crippen LogP) is 2.64. The fraction of sp³-hybridized carbons (Fsp3) is 0.500. The summed E-state index contributed by atoms with van der Waals surface area (Å²) < 4.78 is 7.56. The molecule has 3 nitrogen and oxygen atoms in total. The molecule has 1 saturated carbocycles. The number of ether oxygens (including phenoxy) is 1. The van der Waals surface area contributed by atoms with E-state index >= 15 is 0 Å². The third kappa shape index (κ3) is 1.80. The molecule has 0 saturated heterocycles. The van der Waals surface area contributed by atoms with E-state index in [0.29, 0.717) is 0 Å². The van der Waals surface area contributed by atoms with Gasteiger partial charge in [-0.25, -0.2) is 0 Å². The molecule has 19 heavy (non-hydrogen) atoms. The molecular weight excluding hydrogens is 236 g/mol. The van der Waals surface area contributed by atoms with Crippen molar-refractivity contribution < 1.29 is 4.74 Å². The Morgan fingerprint density at radius 2 is 2.37 bits per heavy atom. The Hall–Kier alpha value is -1.32. The molecule has 0 bridgehead atoms. The summed E-state index contributed by atoms with van der Waals surface area (Å²) in [6.45, 7) is 2.89. The van der Waals surface area contributed by atoms with Crippen molar-refractivity contribution >= 4 is 10.9 Å². The third-order valence-electron chi connectivity index (χ3n) is 4.51. The number of rotatable bonds is 4. The first kappa shape index (κ1) is 11.5. The molecule has 2 aromatic rings. The van der Waals surface area contributed by atoms with Gasteiger partial charge in [0.2, 0.25) is 0 Å². The Bertz CT molecular complexity index is 616. The number of methoxy groups -OCH3 is 1. The van der Waals surface area contributed by atoms with Crippen LogP contribution in [0.15, 0.2) is 24.4 Å². The summed E-state index contributed by atoms with van der Waals surface area (Å²) in [5, 5.41) is 5.18. The van der Waals surface area contributed by atoms with Crippen molar-refractivity contribution in [3.05, 3.63) is 35.5 Å². The van der Waals surface area contributed by atoms with E-state index < -0.39 is 0 Å². The maximum Gasteiger partial charge on any atom is 0.0486 e. The summed E-state index contributed by atoms with van der Waals surface area (Å²) in [4.78, 5) is 0. The lowest BCUT2D eigenvalue weighted by molar-refractivity contribution is 0.190. The zero-order valence-corrected chi connectivity index (χ0v) is 11.4. The molecule has 2 aliphatic rings. The Morgan fingerprint density at radius 1 is 1.42 bits per heavy atom. The van der Waals surface area contributed by atoms with Crippen molar-refractivity contribution in [2.24, 2.45) is 0 Å². The molecule has 3 heteroatoms. The lowest BCUT2D eigenvalue weighted by Crippen LogP contribution is -2.15. The lowest BCUT2D eigenvalue weighted by atomic mass is 10.0. The number of benzene rings is 1. The molecule has 0 amide bonds.